The number of hydrogen-bond acceptors (Lipinski definition) is 6. The summed E-state index contributed by atoms with van der Waals surface area (Å²) in [7, 11) is 0.192. The number of carbonyl (C=O) groups excluding carboxylic acids is 1. The third-order valence-electron chi connectivity index (χ3n) is 4.32. The van der Waals surface area contributed by atoms with Gasteiger partial charge in [0.1, 0.15) is 0 Å². The maximum absolute atomic E-state index is 12.6. The number of rotatable bonds is 7. The van der Waals surface area contributed by atoms with Gasteiger partial charge >= 0.3 is 18.0 Å². The Hall–Kier alpha value is -2.92. The molecule has 1 atom stereocenters. The van der Waals surface area contributed by atoms with Gasteiger partial charge in [-0.2, -0.15) is 0 Å². The molecule has 3 N–H and O–H groups in total. The third kappa shape index (κ3) is 7.84. The number of carboxylic acids is 2. The minimum atomic E-state index is -3.37. The number of likely N-dealkylation sites (tertiary alicyclic amines) is 1. The van der Waals surface area contributed by atoms with Gasteiger partial charge in [0.25, 0.3) is 0 Å². The molecule has 1 aliphatic rings. The second kappa shape index (κ2) is 11.9. The number of urea groups is 1. The third-order valence-corrected chi connectivity index (χ3v) is 6.51. The first kappa shape index (κ1) is 25.1. The fourth-order valence-electron chi connectivity index (χ4n) is 2.72. The van der Waals surface area contributed by atoms with Crippen LogP contribution in [0.1, 0.15) is 6.42 Å². The zero-order chi connectivity index (χ0) is 22.7. The van der Waals surface area contributed by atoms with E-state index in [-0.39, 0.29) is 12.6 Å². The van der Waals surface area contributed by atoms with Crippen molar-refractivity contribution in [2.75, 3.05) is 40.3 Å². The van der Waals surface area contributed by atoms with E-state index in [9.17, 15) is 22.8 Å². The van der Waals surface area contributed by atoms with Crippen molar-refractivity contribution in [2.45, 2.75) is 16.6 Å². The molecule has 1 fully saturated rings. The second-order valence-electron chi connectivity index (χ2n) is 6.53. The van der Waals surface area contributed by atoms with Gasteiger partial charge in [0, 0.05) is 45.4 Å². The smallest absolute Gasteiger partial charge is 0.328 e. The van der Waals surface area contributed by atoms with Crippen molar-refractivity contribution < 1.29 is 33.0 Å². The molecule has 1 aliphatic heterocycles. The fraction of sp³-hybridized carbons (Fsp3) is 0.421. The van der Waals surface area contributed by atoms with Crippen LogP contribution in [0.3, 0.4) is 0 Å². The minimum absolute atomic E-state index is 0.110. The zero-order valence-electron chi connectivity index (χ0n) is 16.9. The van der Waals surface area contributed by atoms with Crippen LogP contribution in [-0.2, 0) is 19.4 Å². The summed E-state index contributed by atoms with van der Waals surface area (Å²) in [5, 5.41) is 18.1. The molecule has 30 heavy (non-hydrogen) atoms. The lowest BCUT2D eigenvalue weighted by atomic mass is 10.4. The molecule has 0 spiro atoms. The number of amides is 2. The highest BCUT2D eigenvalue weighted by molar-refractivity contribution is 7.92. The molecule has 0 aromatic heterocycles. The van der Waals surface area contributed by atoms with Gasteiger partial charge in [0.15, 0.2) is 9.84 Å². The van der Waals surface area contributed by atoms with E-state index in [1.54, 1.807) is 47.2 Å². The number of nitrogens with one attached hydrogen (secondary N) is 1. The number of nitrogens with zero attached hydrogens (tertiary/aromatic N) is 2. The number of carbonyl (C=O) groups is 3. The first-order valence-electron chi connectivity index (χ1n) is 9.17. The molecule has 1 heterocycles. The number of benzene rings is 1. The lowest BCUT2D eigenvalue weighted by Gasteiger charge is -2.24. The average molecular weight is 442 g/mol. The summed E-state index contributed by atoms with van der Waals surface area (Å²) >= 11 is 0. The van der Waals surface area contributed by atoms with E-state index in [2.05, 4.69) is 5.32 Å². The quantitative estimate of drug-likeness (QED) is 0.519. The van der Waals surface area contributed by atoms with Gasteiger partial charge in [-0.1, -0.05) is 18.2 Å². The zero-order valence-corrected chi connectivity index (χ0v) is 17.7. The van der Waals surface area contributed by atoms with E-state index in [1.807, 2.05) is 7.05 Å². The van der Waals surface area contributed by atoms with Gasteiger partial charge in [0.2, 0.25) is 0 Å². The molecule has 1 saturated heterocycles. The molecule has 1 aromatic rings. The Labute approximate surface area is 175 Å². The molecule has 0 saturated carbocycles. The predicted molar refractivity (Wildman–Crippen MR) is 110 cm³/mol. The predicted octanol–water partition coefficient (Wildman–Crippen LogP) is 0.518. The van der Waals surface area contributed by atoms with Gasteiger partial charge in [0.05, 0.1) is 10.1 Å². The van der Waals surface area contributed by atoms with E-state index in [1.165, 1.54) is 0 Å². The molecule has 0 bridgehead atoms. The maximum Gasteiger partial charge on any atom is 0.328 e. The molecule has 1 aromatic carbocycles. The Bertz CT molecular complexity index is 840. The van der Waals surface area contributed by atoms with Gasteiger partial charge in [-0.15, -0.1) is 0 Å². The average Bonchev–Trinajstić information content (AvgIpc) is 3.22. The Morgan fingerprint density at radius 3 is 2.23 bits per heavy atom. The highest BCUT2D eigenvalue weighted by atomic mass is 32.2. The largest absolute Gasteiger partial charge is 0.478 e. The summed E-state index contributed by atoms with van der Waals surface area (Å²) in [6.07, 6.45) is 1.60. The summed E-state index contributed by atoms with van der Waals surface area (Å²) in [6, 6.07) is 8.34. The van der Waals surface area contributed by atoms with Crippen LogP contribution in [0.2, 0.25) is 0 Å². The van der Waals surface area contributed by atoms with Crippen LogP contribution < -0.4 is 5.32 Å². The van der Waals surface area contributed by atoms with Crippen molar-refractivity contribution in [3.63, 3.8) is 0 Å². The molecule has 1 unspecified atom stereocenters. The van der Waals surface area contributed by atoms with E-state index in [4.69, 9.17) is 10.2 Å². The SMILES string of the molecule is CNCCN(C)C(=O)N1CCC(S(=O)(=O)c2ccccc2)C1.O=C(O)C=CC(=O)O. The first-order valence-corrected chi connectivity index (χ1v) is 10.7. The van der Waals surface area contributed by atoms with Crippen LogP contribution in [0, 0.1) is 0 Å². The highest BCUT2D eigenvalue weighted by Gasteiger charge is 2.36. The molecular weight excluding hydrogens is 414 g/mol. The Balaban J connectivity index is 0.000000479. The molecule has 2 rings (SSSR count). The molecule has 0 aliphatic carbocycles. The fourth-order valence-corrected chi connectivity index (χ4v) is 4.43. The molecule has 10 nitrogen and oxygen atoms in total. The standard InChI is InChI=1S/C15H23N3O3S.C4H4O4/c1-16-9-11-17(2)15(19)18-10-8-14(12-18)22(20,21)13-6-4-3-5-7-13;5-3(6)1-2-4(7)8/h3-7,14,16H,8-12H2,1-2H3;1-2H,(H,5,6)(H,7,8). The van der Waals surface area contributed by atoms with Crippen molar-refractivity contribution in [2.24, 2.45) is 0 Å². The monoisotopic (exact) mass is 441 g/mol. The normalized spacial score (nSPS) is 16.1. The number of hydrogen-bond donors (Lipinski definition) is 3. The van der Waals surface area contributed by atoms with Crippen LogP contribution in [0.5, 0.6) is 0 Å². The number of sulfone groups is 1. The van der Waals surface area contributed by atoms with Crippen LogP contribution in [-0.4, -0.2) is 91.9 Å². The van der Waals surface area contributed by atoms with Gasteiger partial charge in [-0.3, -0.25) is 0 Å². The number of carboxylic acid groups (broad SMARTS) is 2. The lowest BCUT2D eigenvalue weighted by molar-refractivity contribution is -0.134. The molecule has 11 heteroatoms. The van der Waals surface area contributed by atoms with Crippen molar-refractivity contribution in [1.29, 1.82) is 0 Å². The van der Waals surface area contributed by atoms with Crippen LogP contribution in [0.25, 0.3) is 0 Å². The lowest BCUT2D eigenvalue weighted by Crippen LogP contribution is -2.43. The summed E-state index contributed by atoms with van der Waals surface area (Å²) in [5.74, 6) is -2.51. The Kier molecular flexibility index (Phi) is 9.99. The molecule has 166 valence electrons. The summed E-state index contributed by atoms with van der Waals surface area (Å²) in [4.78, 5) is 35.0. The summed E-state index contributed by atoms with van der Waals surface area (Å²) in [5.41, 5.74) is 0. The van der Waals surface area contributed by atoms with Gasteiger partial charge in [-0.25, -0.2) is 22.8 Å². The summed E-state index contributed by atoms with van der Waals surface area (Å²) < 4.78 is 25.2. The highest BCUT2D eigenvalue weighted by Crippen LogP contribution is 2.24. The van der Waals surface area contributed by atoms with Crippen molar-refractivity contribution in [3.05, 3.63) is 42.5 Å². The second-order valence-corrected chi connectivity index (χ2v) is 8.76. The molecule has 2 amide bonds. The van der Waals surface area contributed by atoms with Crippen molar-refractivity contribution >= 4 is 27.8 Å². The topological polar surface area (TPSA) is 144 Å². The maximum atomic E-state index is 12.6. The van der Waals surface area contributed by atoms with E-state index in [0.717, 1.165) is 0 Å². The van der Waals surface area contributed by atoms with Crippen molar-refractivity contribution in [3.8, 4) is 0 Å². The van der Waals surface area contributed by atoms with Gasteiger partial charge < -0.3 is 25.3 Å². The van der Waals surface area contributed by atoms with Crippen LogP contribution >= 0.6 is 0 Å². The van der Waals surface area contributed by atoms with Crippen LogP contribution in [0.15, 0.2) is 47.4 Å². The van der Waals surface area contributed by atoms with E-state index in [0.29, 0.717) is 43.1 Å². The molecule has 0 radical (unpaired) electrons. The minimum Gasteiger partial charge on any atom is -0.478 e. The van der Waals surface area contributed by atoms with E-state index < -0.39 is 27.0 Å². The number of aliphatic carboxylic acids is 2. The summed E-state index contributed by atoms with van der Waals surface area (Å²) in [6.45, 7) is 2.06. The van der Waals surface area contributed by atoms with Gasteiger partial charge in [-0.05, 0) is 25.6 Å². The van der Waals surface area contributed by atoms with Crippen LogP contribution in [0.4, 0.5) is 4.79 Å². The van der Waals surface area contributed by atoms with E-state index >= 15 is 0 Å². The molecular formula is C19H27N3O7S. The first-order chi connectivity index (χ1) is 14.1. The van der Waals surface area contributed by atoms with Crippen molar-refractivity contribution in [1.82, 2.24) is 15.1 Å². The number of likely N-dealkylation sites (N-methyl/N-ethyl adjacent to an activating group) is 2. The Morgan fingerprint density at radius 2 is 1.73 bits per heavy atom. The Morgan fingerprint density at radius 1 is 1.17 bits per heavy atom.